The molecule has 5 N–H and O–H groups in total. The molecule has 0 bridgehead atoms. The molecule has 2 amide bonds. The van der Waals surface area contributed by atoms with E-state index in [4.69, 9.17) is 12.2 Å². The zero-order chi connectivity index (χ0) is 21.2. The Hall–Kier alpha value is -2.56. The maximum Gasteiger partial charge on any atom is 0.243 e. The molecule has 1 aromatic carbocycles. The van der Waals surface area contributed by atoms with E-state index in [1.54, 1.807) is 19.1 Å². The molecule has 1 aliphatic rings. The quantitative estimate of drug-likeness (QED) is 0.573. The van der Waals surface area contributed by atoms with Crippen LogP contribution < -0.4 is 11.1 Å². The first-order valence-corrected chi connectivity index (χ1v) is 9.29. The van der Waals surface area contributed by atoms with E-state index < -0.39 is 35.6 Å². The number of aliphatic hydroxyl groups excluding tert-OH is 1. The van der Waals surface area contributed by atoms with Crippen LogP contribution in [0.15, 0.2) is 18.2 Å². The lowest BCUT2D eigenvalue weighted by atomic mass is 9.86. The number of aliphatic hydroxyl groups is 1. The summed E-state index contributed by atoms with van der Waals surface area (Å²) in [5.74, 6) is 1.65. The van der Waals surface area contributed by atoms with Gasteiger partial charge in [-0.05, 0) is 24.5 Å². The second-order valence-electron chi connectivity index (χ2n) is 8.39. The average molecular weight is 387 g/mol. The number of phenols is 1. The molecule has 0 unspecified atom stereocenters. The number of nitrogens with two attached hydrogens (primary N) is 1. The minimum atomic E-state index is -0.814. The molecule has 7 nitrogen and oxygen atoms in total. The van der Waals surface area contributed by atoms with Gasteiger partial charge in [0.15, 0.2) is 0 Å². The third-order valence-electron chi connectivity index (χ3n) is 5.09. The van der Waals surface area contributed by atoms with E-state index in [2.05, 4.69) is 11.2 Å². The number of hydrogen-bond donors (Lipinski definition) is 4. The number of benzene rings is 1. The number of hydrogen-bond acceptors (Lipinski definition) is 5. The second kappa shape index (κ2) is 8.21. The average Bonchev–Trinajstić information content (AvgIpc) is 3.01. The highest BCUT2D eigenvalue weighted by atomic mass is 16.3. The van der Waals surface area contributed by atoms with Crippen molar-refractivity contribution in [1.29, 1.82) is 0 Å². The van der Waals surface area contributed by atoms with Crippen LogP contribution in [0.1, 0.15) is 51.3 Å². The van der Waals surface area contributed by atoms with Crippen molar-refractivity contribution in [3.8, 4) is 18.1 Å². The molecule has 152 valence electrons. The van der Waals surface area contributed by atoms with Crippen molar-refractivity contribution in [2.75, 3.05) is 6.54 Å². The molecule has 0 radical (unpaired) electrons. The lowest BCUT2D eigenvalue weighted by molar-refractivity contribution is -0.141. The third-order valence-corrected chi connectivity index (χ3v) is 5.09. The van der Waals surface area contributed by atoms with Gasteiger partial charge in [-0.3, -0.25) is 9.59 Å². The Labute approximate surface area is 165 Å². The Morgan fingerprint density at radius 1 is 1.39 bits per heavy atom. The molecule has 2 rings (SSSR count). The topological polar surface area (TPSA) is 116 Å². The highest BCUT2D eigenvalue weighted by Gasteiger charge is 2.43. The van der Waals surface area contributed by atoms with Crippen LogP contribution in [0, 0.1) is 17.8 Å². The summed E-state index contributed by atoms with van der Waals surface area (Å²) < 4.78 is 0. The summed E-state index contributed by atoms with van der Waals surface area (Å²) in [7, 11) is 0. The fraction of sp³-hybridized carbons (Fsp3) is 0.524. The van der Waals surface area contributed by atoms with Crippen LogP contribution >= 0.6 is 0 Å². The number of nitrogens with zero attached hydrogens (tertiary/aromatic N) is 1. The molecule has 4 atom stereocenters. The number of carbonyl (C=O) groups is 2. The van der Waals surface area contributed by atoms with E-state index in [1.165, 1.54) is 11.0 Å². The maximum absolute atomic E-state index is 12.8. The number of aromatic hydroxyl groups is 1. The van der Waals surface area contributed by atoms with Gasteiger partial charge >= 0.3 is 0 Å². The Morgan fingerprint density at radius 2 is 2.04 bits per heavy atom. The van der Waals surface area contributed by atoms with Gasteiger partial charge in [0, 0.05) is 24.1 Å². The molecule has 0 aliphatic carbocycles. The molecule has 0 aromatic heterocycles. The lowest BCUT2D eigenvalue weighted by Gasteiger charge is -2.32. The summed E-state index contributed by atoms with van der Waals surface area (Å²) in [4.78, 5) is 27.0. The van der Waals surface area contributed by atoms with Gasteiger partial charge in [-0.25, -0.2) is 0 Å². The van der Waals surface area contributed by atoms with Gasteiger partial charge in [0.25, 0.3) is 0 Å². The van der Waals surface area contributed by atoms with Crippen LogP contribution in [-0.4, -0.2) is 51.7 Å². The fourth-order valence-corrected chi connectivity index (χ4v) is 3.24. The van der Waals surface area contributed by atoms with Crippen molar-refractivity contribution in [2.45, 2.75) is 58.3 Å². The first-order valence-electron chi connectivity index (χ1n) is 9.29. The van der Waals surface area contributed by atoms with E-state index in [-0.39, 0.29) is 24.6 Å². The molecule has 1 saturated heterocycles. The Balaban J connectivity index is 2.15. The van der Waals surface area contributed by atoms with Gasteiger partial charge in [0.1, 0.15) is 11.8 Å². The summed E-state index contributed by atoms with van der Waals surface area (Å²) in [6, 6.07) is 2.67. The zero-order valence-electron chi connectivity index (χ0n) is 16.8. The Bertz CT molecular complexity index is 794. The van der Waals surface area contributed by atoms with Crippen molar-refractivity contribution in [1.82, 2.24) is 10.2 Å². The molecule has 7 heteroatoms. The molecule has 1 aliphatic heterocycles. The normalized spacial score (nSPS) is 21.7. The van der Waals surface area contributed by atoms with Crippen LogP contribution in [-0.2, 0) is 9.59 Å². The molecular formula is C21H29N3O4. The number of rotatable bonds is 4. The standard InChI is InChI=1S/C21H29N3O4/c1-6-13-7-8-15(17(26)9-13)12(2)23-19(27)16-10-14(25)11-24(16)20(28)18(22)21(3,4)5/h1,7-9,12,14,16,18,25-26H,10-11,22H2,2-5H3,(H,23,27)/t12-,14+,16-,18+/m0/s1. The van der Waals surface area contributed by atoms with E-state index in [9.17, 15) is 19.8 Å². The smallest absolute Gasteiger partial charge is 0.243 e. The largest absolute Gasteiger partial charge is 0.508 e. The van der Waals surface area contributed by atoms with Gasteiger partial charge in [-0.15, -0.1) is 6.42 Å². The third kappa shape index (κ3) is 4.64. The first kappa shape index (κ1) is 21.7. The van der Waals surface area contributed by atoms with Crippen LogP contribution in [0.5, 0.6) is 5.75 Å². The molecule has 1 fully saturated rings. The number of amides is 2. The SMILES string of the molecule is C#Cc1ccc([C@H](C)NC(=O)[C@@H]2C[C@@H](O)CN2C(=O)[C@@H](N)C(C)(C)C)c(O)c1. The van der Waals surface area contributed by atoms with Gasteiger partial charge in [0.05, 0.1) is 18.2 Å². The van der Waals surface area contributed by atoms with Crippen LogP contribution in [0.4, 0.5) is 0 Å². The summed E-state index contributed by atoms with van der Waals surface area (Å²) in [5.41, 5.74) is 6.64. The monoisotopic (exact) mass is 387 g/mol. The molecule has 0 spiro atoms. The molecule has 1 aromatic rings. The van der Waals surface area contributed by atoms with Crippen molar-refractivity contribution >= 4 is 11.8 Å². The van der Waals surface area contributed by atoms with E-state index in [1.807, 2.05) is 20.8 Å². The van der Waals surface area contributed by atoms with Crippen molar-refractivity contribution in [3.63, 3.8) is 0 Å². The number of nitrogens with one attached hydrogen (secondary N) is 1. The van der Waals surface area contributed by atoms with Crippen LogP contribution in [0.2, 0.25) is 0 Å². The van der Waals surface area contributed by atoms with Crippen molar-refractivity contribution in [2.24, 2.45) is 11.1 Å². The van der Waals surface area contributed by atoms with Gasteiger partial charge in [-0.2, -0.15) is 0 Å². The van der Waals surface area contributed by atoms with Gasteiger partial charge in [-0.1, -0.05) is 32.8 Å². The number of phenolic OH excluding ortho intramolecular Hbond substituents is 1. The number of terminal acetylenes is 1. The van der Waals surface area contributed by atoms with E-state index in [0.29, 0.717) is 11.1 Å². The van der Waals surface area contributed by atoms with E-state index in [0.717, 1.165) is 0 Å². The van der Waals surface area contributed by atoms with Crippen LogP contribution in [0.25, 0.3) is 0 Å². The minimum Gasteiger partial charge on any atom is -0.508 e. The van der Waals surface area contributed by atoms with Crippen molar-refractivity contribution < 1.29 is 19.8 Å². The molecule has 0 saturated carbocycles. The lowest BCUT2D eigenvalue weighted by Crippen LogP contribution is -2.55. The first-order chi connectivity index (χ1) is 13.0. The second-order valence-corrected chi connectivity index (χ2v) is 8.39. The maximum atomic E-state index is 12.8. The molecular weight excluding hydrogens is 358 g/mol. The predicted molar refractivity (Wildman–Crippen MR) is 106 cm³/mol. The van der Waals surface area contributed by atoms with Gasteiger partial charge in [0.2, 0.25) is 11.8 Å². The van der Waals surface area contributed by atoms with Gasteiger partial charge < -0.3 is 26.2 Å². The van der Waals surface area contributed by atoms with Crippen LogP contribution in [0.3, 0.4) is 0 Å². The summed E-state index contributed by atoms with van der Waals surface area (Å²) >= 11 is 0. The van der Waals surface area contributed by atoms with E-state index >= 15 is 0 Å². The van der Waals surface area contributed by atoms with Crippen molar-refractivity contribution in [3.05, 3.63) is 29.3 Å². The number of β-amino-alcohol motifs (C(OH)–C–C–N with tert-alkyl or cyclic N) is 1. The number of carbonyl (C=O) groups excluding carboxylic acids is 2. The molecule has 28 heavy (non-hydrogen) atoms. The fourth-order valence-electron chi connectivity index (χ4n) is 3.24. The summed E-state index contributed by atoms with van der Waals surface area (Å²) in [6.45, 7) is 7.34. The number of likely N-dealkylation sites (tertiary alicyclic amines) is 1. The predicted octanol–water partition coefficient (Wildman–Crippen LogP) is 0.886. The Kier molecular flexibility index (Phi) is 6.37. The minimum absolute atomic E-state index is 0.0163. The molecule has 1 heterocycles. The zero-order valence-corrected chi connectivity index (χ0v) is 16.8. The summed E-state index contributed by atoms with van der Waals surface area (Å²) in [5, 5.41) is 23.0. The highest BCUT2D eigenvalue weighted by molar-refractivity contribution is 5.91. The highest BCUT2D eigenvalue weighted by Crippen LogP contribution is 2.27. The Morgan fingerprint density at radius 3 is 2.57 bits per heavy atom. The summed E-state index contributed by atoms with van der Waals surface area (Å²) in [6.07, 6.45) is 4.67.